The van der Waals surface area contributed by atoms with E-state index >= 15 is 0 Å². The van der Waals surface area contributed by atoms with E-state index in [-0.39, 0.29) is 36.6 Å². The zero-order valence-corrected chi connectivity index (χ0v) is 38.5. The van der Waals surface area contributed by atoms with Gasteiger partial charge in [-0.2, -0.15) is 0 Å². The second kappa shape index (κ2) is 24.9. The monoisotopic (exact) mass is 863 g/mol. The maximum absolute atomic E-state index is 5.91. The molecule has 0 aliphatic heterocycles. The third-order valence-corrected chi connectivity index (χ3v) is 14.2. The summed E-state index contributed by atoms with van der Waals surface area (Å²) in [7, 11) is 0. The van der Waals surface area contributed by atoms with Crippen LogP contribution in [0.2, 0.25) is 0 Å². The Morgan fingerprint density at radius 2 is 0.612 bits per heavy atom. The molecule has 0 aliphatic rings. The molecule has 0 radical (unpaired) electrons. The molecule has 0 aromatic heterocycles. The lowest BCUT2D eigenvalue weighted by Gasteiger charge is -2.29. The van der Waals surface area contributed by atoms with Crippen molar-refractivity contribution < 1.29 is 27.1 Å². The fourth-order valence-corrected chi connectivity index (χ4v) is 14.3. The minimum absolute atomic E-state index is 0.125. The molecule has 0 saturated carbocycles. The molecule has 0 aromatic rings. The molecule has 6 N–H and O–H groups in total. The Balaban J connectivity index is 5.46. The molecule has 49 heavy (non-hydrogen) atoms. The van der Waals surface area contributed by atoms with Gasteiger partial charge < -0.3 is 43.1 Å². The fourth-order valence-electron chi connectivity index (χ4n) is 3.71. The largest absolute Gasteiger partial charge is 0.361 e. The average Bonchev–Trinajstić information content (AvgIpc) is 2.84. The minimum Gasteiger partial charge on any atom is -0.361 e. The van der Waals surface area contributed by atoms with Crippen LogP contribution in [0.15, 0.2) is 0 Å². The molecular formula is C27H60N7O6P3S6. The first-order valence-electron chi connectivity index (χ1n) is 16.3. The van der Waals surface area contributed by atoms with Crippen molar-refractivity contribution in [3.05, 3.63) is 0 Å². The van der Waals surface area contributed by atoms with Gasteiger partial charge in [-0.1, -0.05) is 0 Å². The van der Waals surface area contributed by atoms with Gasteiger partial charge in [0.05, 0.1) is 36.6 Å². The highest BCUT2D eigenvalue weighted by Gasteiger charge is 2.26. The molecule has 0 bridgehead atoms. The average molecular weight is 864 g/mol. The Morgan fingerprint density at radius 1 is 0.429 bits per heavy atom. The summed E-state index contributed by atoms with van der Waals surface area (Å²) in [6.45, 7) is 17.8. The van der Waals surface area contributed by atoms with Gasteiger partial charge in [0, 0.05) is 39.3 Å². The molecule has 0 spiro atoms. The van der Waals surface area contributed by atoms with Crippen molar-refractivity contribution in [1.82, 2.24) is 36.1 Å². The van der Waals surface area contributed by atoms with Crippen LogP contribution in [0, 0.1) is 0 Å². The highest BCUT2D eigenvalue weighted by atomic mass is 32.5. The summed E-state index contributed by atoms with van der Waals surface area (Å²) in [6.07, 6.45) is -0.749. The van der Waals surface area contributed by atoms with Gasteiger partial charge in [-0.3, -0.25) is 20.2 Å². The molecule has 0 fully saturated rings. The third-order valence-electron chi connectivity index (χ3n) is 4.95. The van der Waals surface area contributed by atoms with Gasteiger partial charge in [0.15, 0.2) is 15.3 Å². The van der Waals surface area contributed by atoms with Gasteiger partial charge in [0.2, 0.25) is 0 Å². The molecule has 290 valence electrons. The number of rotatable bonds is 24. The van der Waals surface area contributed by atoms with Gasteiger partial charge in [-0.05, 0) is 155 Å². The van der Waals surface area contributed by atoms with Crippen molar-refractivity contribution in [2.45, 2.75) is 120 Å². The van der Waals surface area contributed by atoms with Crippen LogP contribution in [-0.4, -0.2) is 96.1 Å². The molecule has 0 aromatic carbocycles. The lowest BCUT2D eigenvalue weighted by molar-refractivity contribution is 0.171. The van der Waals surface area contributed by atoms with E-state index in [1.54, 1.807) is 0 Å². The summed E-state index contributed by atoms with van der Waals surface area (Å²) in [5.74, 6) is 0. The number of hydrogen-bond acceptors (Lipinski definition) is 13. The van der Waals surface area contributed by atoms with Gasteiger partial charge in [-0.25, -0.2) is 0 Å². The maximum atomic E-state index is 5.91. The molecule has 0 heterocycles. The first kappa shape index (κ1) is 49.7. The molecule has 0 aliphatic carbocycles. The normalized spacial score (nSPS) is 12.8. The van der Waals surface area contributed by atoms with Gasteiger partial charge in [-0.15, -0.1) is 0 Å². The Labute approximate surface area is 327 Å². The maximum Gasteiger partial charge on any atom is 0.289 e. The number of thiocarbonyl (C=S) groups is 3. The molecular weight excluding hydrogens is 804 g/mol. The summed E-state index contributed by atoms with van der Waals surface area (Å²) in [5.41, 5.74) is 0. The van der Waals surface area contributed by atoms with Crippen molar-refractivity contribution in [2.75, 3.05) is 39.3 Å². The minimum atomic E-state index is -2.83. The summed E-state index contributed by atoms with van der Waals surface area (Å²) in [5, 5.41) is 20.0. The van der Waals surface area contributed by atoms with E-state index in [2.05, 4.69) is 36.1 Å². The van der Waals surface area contributed by atoms with E-state index in [9.17, 15) is 0 Å². The van der Waals surface area contributed by atoms with Crippen LogP contribution in [0.1, 0.15) is 83.1 Å². The molecule has 0 amide bonds. The van der Waals surface area contributed by atoms with Crippen molar-refractivity contribution >= 4 is 107 Å². The zero-order chi connectivity index (χ0) is 38.0. The number of nitrogens with zero attached hydrogens (tertiary/aromatic N) is 1. The molecule has 0 atom stereocenters. The number of hydrogen-bond donors (Lipinski definition) is 6. The van der Waals surface area contributed by atoms with Gasteiger partial charge in [0.25, 0.3) is 19.9 Å². The van der Waals surface area contributed by atoms with Crippen LogP contribution < -0.4 is 31.2 Å². The highest BCUT2D eigenvalue weighted by Crippen LogP contribution is 2.48. The first-order valence-corrected chi connectivity index (χ1v) is 25.4. The molecule has 0 unspecified atom stereocenters. The van der Waals surface area contributed by atoms with Crippen LogP contribution in [0.3, 0.4) is 0 Å². The second-order valence-electron chi connectivity index (χ2n) is 12.4. The molecule has 22 heteroatoms. The van der Waals surface area contributed by atoms with Crippen LogP contribution in [-0.2, 0) is 62.6 Å². The Morgan fingerprint density at radius 3 is 0.776 bits per heavy atom. The van der Waals surface area contributed by atoms with E-state index < -0.39 is 19.9 Å². The highest BCUT2D eigenvalue weighted by molar-refractivity contribution is 8.10. The van der Waals surface area contributed by atoms with Crippen LogP contribution in [0.25, 0.3) is 0 Å². The third kappa shape index (κ3) is 26.2. The number of nitrogens with one attached hydrogen (secondary N) is 6. The van der Waals surface area contributed by atoms with E-state index in [4.69, 9.17) is 99.2 Å². The summed E-state index contributed by atoms with van der Waals surface area (Å²) >= 11 is 33.7. The van der Waals surface area contributed by atoms with E-state index in [1.165, 1.54) is 0 Å². The predicted molar refractivity (Wildman–Crippen MR) is 228 cm³/mol. The lowest BCUT2D eigenvalue weighted by Crippen LogP contribution is -2.46. The van der Waals surface area contributed by atoms with Gasteiger partial charge >= 0.3 is 0 Å². The summed E-state index contributed by atoms with van der Waals surface area (Å²) in [6, 6.07) is 0. The van der Waals surface area contributed by atoms with E-state index in [0.29, 0.717) is 54.6 Å². The van der Waals surface area contributed by atoms with Crippen LogP contribution in [0.5, 0.6) is 0 Å². The standard InChI is InChI=1S/C27H60N7O6P3S6/c1-19(2)35-41(47,36-20(3)4)31-25(44)28-13-16-34(17-14-29-26(45)32-42(48,37-21(5)6)38-22(7)8)18-15-30-27(46)33-43(49,39-23(9)10)40-24(11)12/h19-24H,13-18H2,1-12H3,(H2,28,31,44,47)(H2,29,32,45,48)(H2,30,33,46,49). The molecule has 0 saturated heterocycles. The van der Waals surface area contributed by atoms with E-state index in [0.717, 1.165) is 0 Å². The van der Waals surface area contributed by atoms with Crippen LogP contribution in [0.4, 0.5) is 0 Å². The first-order chi connectivity index (χ1) is 22.5. The predicted octanol–water partition coefficient (Wildman–Crippen LogP) is 5.90. The summed E-state index contributed by atoms with van der Waals surface area (Å²) in [4.78, 5) is 2.21. The quantitative estimate of drug-likeness (QED) is 0.0508. The zero-order valence-electron chi connectivity index (χ0n) is 30.9. The Bertz CT molecular complexity index is 990. The molecule has 13 nitrogen and oxygen atoms in total. The van der Waals surface area contributed by atoms with Crippen molar-refractivity contribution in [3.63, 3.8) is 0 Å². The van der Waals surface area contributed by atoms with E-state index in [1.807, 2.05) is 83.1 Å². The van der Waals surface area contributed by atoms with Crippen molar-refractivity contribution in [2.24, 2.45) is 0 Å². The summed E-state index contributed by atoms with van der Waals surface area (Å²) < 4.78 is 35.4. The molecule has 0 rings (SSSR count). The topological polar surface area (TPSA) is 131 Å². The van der Waals surface area contributed by atoms with Gasteiger partial charge in [0.1, 0.15) is 0 Å². The van der Waals surface area contributed by atoms with Crippen LogP contribution >= 0.6 is 56.6 Å². The van der Waals surface area contributed by atoms with Crippen molar-refractivity contribution in [1.29, 1.82) is 0 Å². The lowest BCUT2D eigenvalue weighted by atomic mass is 10.4. The Kier molecular flexibility index (Phi) is 25.3. The fraction of sp³-hybridized carbons (Fsp3) is 0.889. The second-order valence-corrected chi connectivity index (χ2v) is 22.8. The van der Waals surface area contributed by atoms with Crippen molar-refractivity contribution in [3.8, 4) is 0 Å². The smallest absolute Gasteiger partial charge is 0.289 e. The Hall–Kier alpha value is 0.740. The SMILES string of the molecule is CC(C)OP(=S)(NC(=S)NCCN(CCNC(=S)NP(=S)(OC(C)C)OC(C)C)CCNC(=S)NP(=S)(OC(C)C)OC(C)C)OC(C)C.